The molecule has 0 saturated heterocycles. The highest BCUT2D eigenvalue weighted by Crippen LogP contribution is 2.10. The van der Waals surface area contributed by atoms with Gasteiger partial charge in [0.25, 0.3) is 0 Å². The van der Waals surface area contributed by atoms with Crippen molar-refractivity contribution in [2.75, 3.05) is 0 Å². The van der Waals surface area contributed by atoms with E-state index in [0.29, 0.717) is 0 Å². The van der Waals surface area contributed by atoms with Gasteiger partial charge in [0.1, 0.15) is 0 Å². The molecular weight excluding hydrogens is 106 g/mol. The highest BCUT2D eigenvalue weighted by molar-refractivity contribution is 6.89. The summed E-state index contributed by atoms with van der Waals surface area (Å²) >= 11 is 0. The van der Waals surface area contributed by atoms with Crippen LogP contribution in [0, 0.1) is 5.92 Å². The van der Waals surface area contributed by atoms with Crippen molar-refractivity contribution < 1.29 is 0 Å². The van der Waals surface area contributed by atoms with E-state index >= 15 is 0 Å². The highest BCUT2D eigenvalue weighted by Gasteiger charge is 1.96. The molecule has 0 aromatic rings. The van der Waals surface area contributed by atoms with Crippen LogP contribution >= 0.6 is 0 Å². The van der Waals surface area contributed by atoms with E-state index in [9.17, 15) is 0 Å². The molecule has 0 aliphatic heterocycles. The molecule has 0 saturated carbocycles. The van der Waals surface area contributed by atoms with Gasteiger partial charge in [-0.05, 0) is 5.92 Å². The zero-order chi connectivity index (χ0) is 7.11. The smallest absolute Gasteiger partial charge is 0.0821 e. The van der Waals surface area contributed by atoms with Gasteiger partial charge in [-0.1, -0.05) is 39.4 Å². The Morgan fingerprint density at radius 3 is 2.67 bits per heavy atom. The molecule has 0 aliphatic rings. The van der Waals surface area contributed by atoms with Gasteiger partial charge in [-0.2, -0.15) is 0 Å². The molecule has 0 heterocycles. The fraction of sp³-hybridized carbons (Fsp3) is 1.00. The molecule has 0 nitrogen and oxygen atoms in total. The molecule has 0 radical (unpaired) electrons. The third-order valence-electron chi connectivity index (χ3n) is 2.00. The SMILES string of the molecule is BBCCC[C@@H](C)CC. The molecule has 9 heavy (non-hydrogen) atoms. The summed E-state index contributed by atoms with van der Waals surface area (Å²) in [6.45, 7) is 4.62. The standard InChI is InChI=1S/C7H18B2/c1-3-7(2)5-4-6-9-8/h7,9H,3-6,8H2,1-2H3/t7-/m0/s1. The van der Waals surface area contributed by atoms with E-state index in [4.69, 9.17) is 0 Å². The quantitative estimate of drug-likeness (QED) is 0.381. The largest absolute Gasteiger partial charge is 0.0849 e. The second-order valence-corrected chi connectivity index (χ2v) is 3.01. The lowest BCUT2D eigenvalue weighted by molar-refractivity contribution is 0.509. The third-order valence-corrected chi connectivity index (χ3v) is 2.00. The molecule has 0 unspecified atom stereocenters. The third kappa shape index (κ3) is 6.01. The van der Waals surface area contributed by atoms with E-state index in [1.54, 1.807) is 0 Å². The van der Waals surface area contributed by atoms with Crippen molar-refractivity contribution >= 4 is 14.9 Å². The molecular formula is C7H18B2. The summed E-state index contributed by atoms with van der Waals surface area (Å²) in [4.78, 5) is 0. The predicted molar refractivity (Wildman–Crippen MR) is 49.2 cm³/mol. The van der Waals surface area contributed by atoms with Crippen LogP contribution in [0.25, 0.3) is 0 Å². The summed E-state index contributed by atoms with van der Waals surface area (Å²) < 4.78 is 0. The molecule has 0 spiro atoms. The normalized spacial score (nSPS) is 13.1. The van der Waals surface area contributed by atoms with Crippen LogP contribution in [0.4, 0.5) is 0 Å². The zero-order valence-corrected chi connectivity index (χ0v) is 7.11. The van der Waals surface area contributed by atoms with E-state index in [2.05, 4.69) is 21.6 Å². The minimum absolute atomic E-state index is 0.955. The first-order valence-corrected chi connectivity index (χ1v) is 4.31. The van der Waals surface area contributed by atoms with Crippen LogP contribution in [0.2, 0.25) is 6.32 Å². The lowest BCUT2D eigenvalue weighted by atomic mass is 9.53. The summed E-state index contributed by atoms with van der Waals surface area (Å²) in [5.74, 6) is 0.955. The Bertz CT molecular complexity index is 54.9. The summed E-state index contributed by atoms with van der Waals surface area (Å²) in [5, 5.41) is 0. The molecule has 0 aromatic heterocycles. The van der Waals surface area contributed by atoms with Gasteiger partial charge in [0.15, 0.2) is 0 Å². The van der Waals surface area contributed by atoms with Crippen LogP contribution in [0.15, 0.2) is 0 Å². The van der Waals surface area contributed by atoms with Crippen molar-refractivity contribution in [3.05, 3.63) is 0 Å². The van der Waals surface area contributed by atoms with Gasteiger partial charge in [-0.25, -0.2) is 0 Å². The maximum atomic E-state index is 2.34. The van der Waals surface area contributed by atoms with Crippen LogP contribution < -0.4 is 0 Å². The van der Waals surface area contributed by atoms with E-state index in [-0.39, 0.29) is 0 Å². The van der Waals surface area contributed by atoms with E-state index in [0.717, 1.165) is 5.92 Å². The van der Waals surface area contributed by atoms with Gasteiger partial charge in [-0.3, -0.25) is 0 Å². The maximum Gasteiger partial charge on any atom is 0.0821 e. The Labute approximate surface area is 61.1 Å². The van der Waals surface area contributed by atoms with Crippen molar-refractivity contribution in [1.29, 1.82) is 0 Å². The van der Waals surface area contributed by atoms with Gasteiger partial charge in [-0.15, -0.1) is 0 Å². The van der Waals surface area contributed by atoms with Gasteiger partial charge in [0, 0.05) is 0 Å². The summed E-state index contributed by atoms with van der Waals surface area (Å²) in [7, 11) is 3.62. The summed E-state index contributed by atoms with van der Waals surface area (Å²) in [5.41, 5.74) is 0. The number of rotatable bonds is 5. The Balaban J connectivity index is 2.88. The van der Waals surface area contributed by atoms with Crippen LogP contribution in [0.3, 0.4) is 0 Å². The molecule has 0 bridgehead atoms. The second kappa shape index (κ2) is 6.25. The van der Waals surface area contributed by atoms with Crippen LogP contribution in [0.5, 0.6) is 0 Å². The Morgan fingerprint density at radius 1 is 1.56 bits per heavy atom. The van der Waals surface area contributed by atoms with Crippen molar-refractivity contribution in [1.82, 2.24) is 0 Å². The number of hydrogen-bond acceptors (Lipinski definition) is 0. The lowest BCUT2D eigenvalue weighted by Crippen LogP contribution is -1.94. The van der Waals surface area contributed by atoms with Crippen molar-refractivity contribution in [3.63, 3.8) is 0 Å². The Hall–Kier alpha value is 0.130. The average Bonchev–Trinajstić information content (AvgIpc) is 1.89. The summed E-state index contributed by atoms with van der Waals surface area (Å²) in [6.07, 6.45) is 5.64. The van der Waals surface area contributed by atoms with Gasteiger partial charge >= 0.3 is 0 Å². The molecule has 0 aromatic carbocycles. The van der Waals surface area contributed by atoms with Crippen molar-refractivity contribution in [2.45, 2.75) is 39.4 Å². The molecule has 0 N–H and O–H groups in total. The summed E-state index contributed by atoms with van der Waals surface area (Å²) in [6, 6.07) is 0. The Kier molecular flexibility index (Phi) is 6.34. The molecule has 0 rings (SSSR count). The van der Waals surface area contributed by atoms with Crippen molar-refractivity contribution in [2.24, 2.45) is 5.92 Å². The van der Waals surface area contributed by atoms with Crippen LogP contribution in [-0.2, 0) is 0 Å². The fourth-order valence-corrected chi connectivity index (χ4v) is 0.947. The molecule has 0 fully saturated rings. The zero-order valence-electron chi connectivity index (χ0n) is 7.11. The minimum atomic E-state index is 0.955. The minimum Gasteiger partial charge on any atom is -0.0849 e. The molecule has 0 aliphatic carbocycles. The lowest BCUT2D eigenvalue weighted by Gasteiger charge is -2.05. The first kappa shape index (κ1) is 9.13. The molecule has 2 heteroatoms. The predicted octanol–water partition coefficient (Wildman–Crippen LogP) is 1.22. The Morgan fingerprint density at radius 2 is 2.22 bits per heavy atom. The van der Waals surface area contributed by atoms with Gasteiger partial charge in [0.05, 0.1) is 14.9 Å². The first-order chi connectivity index (χ1) is 4.31. The first-order valence-electron chi connectivity index (χ1n) is 4.31. The van der Waals surface area contributed by atoms with E-state index < -0.39 is 0 Å². The van der Waals surface area contributed by atoms with Crippen LogP contribution in [-0.4, -0.2) is 14.9 Å². The second-order valence-electron chi connectivity index (χ2n) is 3.01. The number of hydrogen-bond donors (Lipinski definition) is 0. The monoisotopic (exact) mass is 124 g/mol. The van der Waals surface area contributed by atoms with Crippen LogP contribution in [0.1, 0.15) is 33.1 Å². The molecule has 0 amide bonds. The average molecular weight is 124 g/mol. The maximum absolute atomic E-state index is 2.34. The van der Waals surface area contributed by atoms with E-state index in [1.165, 1.54) is 32.8 Å². The van der Waals surface area contributed by atoms with Gasteiger partial charge in [0.2, 0.25) is 0 Å². The molecule has 1 atom stereocenters. The highest BCUT2D eigenvalue weighted by atomic mass is 14.0. The fourth-order valence-electron chi connectivity index (χ4n) is 0.947. The molecule has 52 valence electrons. The topological polar surface area (TPSA) is 0 Å². The van der Waals surface area contributed by atoms with Crippen molar-refractivity contribution in [3.8, 4) is 0 Å². The van der Waals surface area contributed by atoms with Gasteiger partial charge < -0.3 is 0 Å². The van der Waals surface area contributed by atoms with E-state index in [1.807, 2.05) is 0 Å².